The Hall–Kier alpha value is -1.62. The topological polar surface area (TPSA) is 35.5 Å². The van der Waals surface area contributed by atoms with Crippen LogP contribution in [-0.4, -0.2) is 12.6 Å². The highest BCUT2D eigenvalue weighted by atomic mass is 35.5. The molecule has 0 atom stereocenters. The highest BCUT2D eigenvalue weighted by molar-refractivity contribution is 6.55. The van der Waals surface area contributed by atoms with Gasteiger partial charge in [-0.15, -0.1) is 0 Å². The van der Waals surface area contributed by atoms with Gasteiger partial charge in [0.1, 0.15) is 15.8 Å². The molecule has 0 aliphatic rings. The van der Waals surface area contributed by atoms with Gasteiger partial charge in [-0.05, 0) is 11.6 Å². The molecule has 0 saturated carbocycles. The van der Waals surface area contributed by atoms with Gasteiger partial charge < -0.3 is 9.47 Å². The van der Waals surface area contributed by atoms with Crippen LogP contribution in [0.5, 0.6) is 11.5 Å². The third kappa shape index (κ3) is 4.51. The number of para-hydroxylation sites is 1. The number of rotatable bonds is 5. The van der Waals surface area contributed by atoms with E-state index in [9.17, 15) is 4.79 Å². The average molecular weight is 477 g/mol. The van der Waals surface area contributed by atoms with Crippen molar-refractivity contribution in [2.24, 2.45) is 0 Å². The average Bonchev–Trinajstić information content (AvgIpc) is 2.72. The summed E-state index contributed by atoms with van der Waals surface area (Å²) in [5, 5.41) is -0.117. The predicted molar refractivity (Wildman–Crippen MR) is 114 cm³/mol. The van der Waals surface area contributed by atoms with Gasteiger partial charge in [0.2, 0.25) is 0 Å². The van der Waals surface area contributed by atoms with Gasteiger partial charge >= 0.3 is 5.97 Å². The lowest BCUT2D eigenvalue weighted by molar-refractivity contribution is -0.136. The first-order valence-corrected chi connectivity index (χ1v) is 9.78. The summed E-state index contributed by atoms with van der Waals surface area (Å²) in [5.74, 6) is -0.305. The van der Waals surface area contributed by atoms with Crippen LogP contribution in [0.4, 0.5) is 0 Å². The van der Waals surface area contributed by atoms with Crippen LogP contribution < -0.4 is 9.47 Å². The van der Waals surface area contributed by atoms with Crippen LogP contribution >= 0.6 is 58.0 Å². The molecule has 8 heteroatoms. The lowest BCUT2D eigenvalue weighted by atomic mass is 10.1. The van der Waals surface area contributed by atoms with Gasteiger partial charge in [-0.2, -0.15) is 0 Å². The number of esters is 1. The van der Waals surface area contributed by atoms with Crippen LogP contribution in [0.25, 0.3) is 11.1 Å². The minimum Gasteiger partial charge on any atom is -0.479 e. The Balaban J connectivity index is 1.77. The van der Waals surface area contributed by atoms with Gasteiger partial charge in [-0.1, -0.05) is 107 Å². The van der Waals surface area contributed by atoms with Crippen molar-refractivity contribution in [3.8, 4) is 22.6 Å². The third-order valence-electron chi connectivity index (χ3n) is 3.70. The van der Waals surface area contributed by atoms with Crippen LogP contribution in [0.1, 0.15) is 0 Å². The molecule has 0 fully saturated rings. The van der Waals surface area contributed by atoms with Crippen molar-refractivity contribution >= 4 is 64.0 Å². The van der Waals surface area contributed by atoms with E-state index in [-0.39, 0.29) is 30.9 Å². The van der Waals surface area contributed by atoms with Gasteiger partial charge in [0.15, 0.2) is 12.4 Å². The van der Waals surface area contributed by atoms with Gasteiger partial charge in [0.05, 0.1) is 15.1 Å². The summed E-state index contributed by atoms with van der Waals surface area (Å²) in [6, 6.07) is 16.7. The van der Waals surface area contributed by atoms with E-state index in [4.69, 9.17) is 67.5 Å². The standard InChI is InChI=1S/C20H11Cl5O3/c21-15-16(22)18(24)20(19(25)17(15)23)27-10-14(26)28-13-9-5-4-8-12(13)11-6-2-1-3-7-11/h1-9H,10H2. The van der Waals surface area contributed by atoms with E-state index in [2.05, 4.69) is 0 Å². The van der Waals surface area contributed by atoms with Crippen molar-refractivity contribution in [3.63, 3.8) is 0 Å². The number of carbonyl (C=O) groups is 1. The van der Waals surface area contributed by atoms with E-state index in [0.717, 1.165) is 11.1 Å². The zero-order chi connectivity index (χ0) is 20.3. The first kappa shape index (κ1) is 21.1. The lowest BCUT2D eigenvalue weighted by Gasteiger charge is -2.14. The Morgan fingerprint density at radius 2 is 1.25 bits per heavy atom. The van der Waals surface area contributed by atoms with Crippen molar-refractivity contribution in [3.05, 3.63) is 79.7 Å². The second kappa shape index (κ2) is 9.25. The highest BCUT2D eigenvalue weighted by Gasteiger charge is 2.21. The molecule has 0 bridgehead atoms. The Bertz CT molecular complexity index is 993. The fraction of sp³-hybridized carbons (Fsp3) is 0.0500. The first-order valence-electron chi connectivity index (χ1n) is 7.89. The minimum absolute atomic E-state index is 0.00467. The Kier molecular flexibility index (Phi) is 6.97. The molecule has 0 amide bonds. The van der Waals surface area contributed by atoms with Crippen LogP contribution in [0, 0.1) is 0 Å². The van der Waals surface area contributed by atoms with Crippen molar-refractivity contribution in [1.29, 1.82) is 0 Å². The second-order valence-electron chi connectivity index (χ2n) is 5.52. The zero-order valence-electron chi connectivity index (χ0n) is 14.0. The van der Waals surface area contributed by atoms with Crippen LogP contribution in [-0.2, 0) is 4.79 Å². The molecule has 3 aromatic carbocycles. The molecule has 0 unspecified atom stereocenters. The second-order valence-corrected chi connectivity index (χ2v) is 7.41. The molecule has 0 spiro atoms. The summed E-state index contributed by atoms with van der Waals surface area (Å²) < 4.78 is 10.8. The molecule has 0 aliphatic heterocycles. The Morgan fingerprint density at radius 1 is 0.714 bits per heavy atom. The molecular formula is C20H11Cl5O3. The van der Waals surface area contributed by atoms with E-state index in [1.165, 1.54) is 0 Å². The predicted octanol–water partition coefficient (Wildman–Crippen LogP) is 7.61. The van der Waals surface area contributed by atoms with Crippen LogP contribution in [0.2, 0.25) is 25.1 Å². The number of hydrogen-bond donors (Lipinski definition) is 0. The van der Waals surface area contributed by atoms with Crippen molar-refractivity contribution in [2.75, 3.05) is 6.61 Å². The molecule has 0 radical (unpaired) electrons. The zero-order valence-corrected chi connectivity index (χ0v) is 17.8. The largest absolute Gasteiger partial charge is 0.479 e. The van der Waals surface area contributed by atoms with E-state index in [1.54, 1.807) is 12.1 Å². The summed E-state index contributed by atoms with van der Waals surface area (Å²) in [7, 11) is 0. The molecule has 0 N–H and O–H groups in total. The number of ether oxygens (including phenoxy) is 2. The monoisotopic (exact) mass is 474 g/mol. The number of benzene rings is 3. The summed E-state index contributed by atoms with van der Waals surface area (Å²) in [6.07, 6.45) is 0. The van der Waals surface area contributed by atoms with Gasteiger partial charge in [0.25, 0.3) is 0 Å². The van der Waals surface area contributed by atoms with E-state index < -0.39 is 12.6 Å². The minimum atomic E-state index is -0.655. The highest BCUT2D eigenvalue weighted by Crippen LogP contribution is 2.48. The number of halogens is 5. The number of carbonyl (C=O) groups excluding carboxylic acids is 1. The molecule has 3 aromatic rings. The SMILES string of the molecule is O=C(COc1c(Cl)c(Cl)c(Cl)c(Cl)c1Cl)Oc1ccccc1-c1ccccc1. The van der Waals surface area contributed by atoms with Gasteiger partial charge in [0, 0.05) is 5.56 Å². The normalized spacial score (nSPS) is 10.6. The summed E-state index contributed by atoms with van der Waals surface area (Å²) in [5.41, 5.74) is 1.68. The summed E-state index contributed by atoms with van der Waals surface area (Å²) in [6.45, 7) is -0.461. The van der Waals surface area contributed by atoms with Gasteiger partial charge in [-0.3, -0.25) is 0 Å². The van der Waals surface area contributed by atoms with Crippen molar-refractivity contribution in [1.82, 2.24) is 0 Å². The Labute approximate surface area is 186 Å². The van der Waals surface area contributed by atoms with E-state index in [1.807, 2.05) is 42.5 Å². The molecule has 0 saturated heterocycles. The molecule has 3 rings (SSSR count). The lowest BCUT2D eigenvalue weighted by Crippen LogP contribution is -2.18. The Morgan fingerprint density at radius 3 is 1.89 bits per heavy atom. The summed E-state index contributed by atoms with van der Waals surface area (Å²) in [4.78, 5) is 12.3. The molecule has 0 heterocycles. The maximum absolute atomic E-state index is 12.3. The first-order chi connectivity index (χ1) is 13.4. The molecule has 0 aromatic heterocycles. The molecular weight excluding hydrogens is 465 g/mol. The van der Waals surface area contributed by atoms with Crippen molar-refractivity contribution < 1.29 is 14.3 Å². The maximum atomic E-state index is 12.3. The molecule has 144 valence electrons. The summed E-state index contributed by atoms with van der Waals surface area (Å²) >= 11 is 30.1. The smallest absolute Gasteiger partial charge is 0.349 e. The molecule has 0 aliphatic carbocycles. The van der Waals surface area contributed by atoms with Crippen LogP contribution in [0.15, 0.2) is 54.6 Å². The van der Waals surface area contributed by atoms with Crippen molar-refractivity contribution in [2.45, 2.75) is 0 Å². The molecule has 28 heavy (non-hydrogen) atoms. The third-order valence-corrected chi connectivity index (χ3v) is 5.94. The number of hydrogen-bond acceptors (Lipinski definition) is 3. The van der Waals surface area contributed by atoms with Gasteiger partial charge in [-0.25, -0.2) is 4.79 Å². The quantitative estimate of drug-likeness (QED) is 0.165. The molecule has 3 nitrogen and oxygen atoms in total. The van der Waals surface area contributed by atoms with E-state index >= 15 is 0 Å². The maximum Gasteiger partial charge on any atom is 0.349 e. The van der Waals surface area contributed by atoms with Crippen LogP contribution in [0.3, 0.4) is 0 Å². The fourth-order valence-electron chi connectivity index (χ4n) is 2.41. The fourth-order valence-corrected chi connectivity index (χ4v) is 3.64. The van der Waals surface area contributed by atoms with E-state index in [0.29, 0.717) is 5.75 Å².